The lowest BCUT2D eigenvalue weighted by atomic mass is 10.2. The van der Waals surface area contributed by atoms with Crippen molar-refractivity contribution in [3.63, 3.8) is 0 Å². The first-order valence-corrected chi connectivity index (χ1v) is 5.72. The molecule has 0 fully saturated rings. The first kappa shape index (κ1) is 12.9. The fourth-order valence-electron chi connectivity index (χ4n) is 0.795. The Morgan fingerprint density at radius 3 is 2.69 bits per heavy atom. The maximum atomic E-state index is 11.0. The Morgan fingerprint density at radius 1 is 1.31 bits per heavy atom. The van der Waals surface area contributed by atoms with Crippen LogP contribution in [0, 0.1) is 0 Å². The van der Waals surface area contributed by atoms with Gasteiger partial charge in [0.15, 0.2) is 0 Å². The van der Waals surface area contributed by atoms with Crippen molar-refractivity contribution in [2.24, 2.45) is 0 Å². The van der Waals surface area contributed by atoms with Crippen LogP contribution in [0.5, 0.6) is 0 Å². The van der Waals surface area contributed by atoms with E-state index < -0.39 is 0 Å². The molecule has 0 heterocycles. The fraction of sp³-hybridized carbons (Fsp3) is 0.889. The minimum Gasteiger partial charge on any atom is -0.463 e. The Labute approximate surface area is 87.9 Å². The first-order valence-electron chi connectivity index (χ1n) is 4.60. The predicted molar refractivity (Wildman–Crippen MR) is 55.1 cm³/mol. The minimum atomic E-state index is -0.124. The van der Waals surface area contributed by atoms with Gasteiger partial charge in [0.25, 0.3) is 0 Å². The zero-order valence-corrected chi connectivity index (χ0v) is 9.64. The highest BCUT2D eigenvalue weighted by atomic mass is 79.9. The average molecular weight is 253 g/mol. The third-order valence-electron chi connectivity index (χ3n) is 1.46. The summed E-state index contributed by atoms with van der Waals surface area (Å²) < 4.78 is 9.94. The van der Waals surface area contributed by atoms with Gasteiger partial charge in [0, 0.05) is 18.4 Å². The molecule has 4 heteroatoms. The van der Waals surface area contributed by atoms with Crippen LogP contribution in [0.2, 0.25) is 0 Å². The third-order valence-corrected chi connectivity index (χ3v) is 2.02. The van der Waals surface area contributed by atoms with Crippen molar-refractivity contribution in [3.05, 3.63) is 0 Å². The van der Waals surface area contributed by atoms with Crippen LogP contribution >= 0.6 is 15.9 Å². The zero-order valence-electron chi connectivity index (χ0n) is 8.05. The van der Waals surface area contributed by atoms with Gasteiger partial charge in [-0.15, -0.1) is 0 Å². The smallest absolute Gasteiger partial charge is 0.305 e. The summed E-state index contributed by atoms with van der Waals surface area (Å²) in [7, 11) is 0. The van der Waals surface area contributed by atoms with Crippen LogP contribution in [0.25, 0.3) is 0 Å². The van der Waals surface area contributed by atoms with Gasteiger partial charge >= 0.3 is 5.97 Å². The van der Waals surface area contributed by atoms with Gasteiger partial charge in [-0.1, -0.05) is 15.9 Å². The van der Waals surface area contributed by atoms with E-state index in [1.165, 1.54) is 0 Å². The minimum absolute atomic E-state index is 0.124. The topological polar surface area (TPSA) is 35.5 Å². The first-order chi connectivity index (χ1) is 6.31. The normalized spacial score (nSPS) is 10.0. The monoisotopic (exact) mass is 252 g/mol. The molecule has 0 aromatic carbocycles. The molecule has 0 rings (SSSR count). The number of alkyl halides is 1. The van der Waals surface area contributed by atoms with Crippen LogP contribution in [0.1, 0.15) is 26.2 Å². The molecule has 0 spiro atoms. The maximum absolute atomic E-state index is 11.0. The summed E-state index contributed by atoms with van der Waals surface area (Å²) in [6.45, 7) is 3.46. The predicted octanol–water partition coefficient (Wildman–Crippen LogP) is 2.13. The van der Waals surface area contributed by atoms with Crippen molar-refractivity contribution >= 4 is 21.9 Å². The molecule has 0 saturated heterocycles. The quantitative estimate of drug-likeness (QED) is 0.377. The third kappa shape index (κ3) is 9.83. The molecule has 0 aliphatic rings. The molecule has 13 heavy (non-hydrogen) atoms. The molecular weight excluding hydrogens is 236 g/mol. The van der Waals surface area contributed by atoms with E-state index in [1.807, 2.05) is 6.92 Å². The molecule has 0 aliphatic heterocycles. The molecule has 0 aromatic heterocycles. The van der Waals surface area contributed by atoms with E-state index in [4.69, 9.17) is 9.47 Å². The van der Waals surface area contributed by atoms with Gasteiger partial charge in [-0.2, -0.15) is 0 Å². The van der Waals surface area contributed by atoms with Gasteiger partial charge in [-0.05, 0) is 19.8 Å². The van der Waals surface area contributed by atoms with E-state index in [1.54, 1.807) is 0 Å². The molecule has 0 saturated carbocycles. The van der Waals surface area contributed by atoms with Crippen molar-refractivity contribution in [1.82, 2.24) is 0 Å². The molecule has 0 aromatic rings. The van der Waals surface area contributed by atoms with Crippen molar-refractivity contribution in [1.29, 1.82) is 0 Å². The molecular formula is C9H17BrO3. The number of rotatable bonds is 8. The molecule has 0 atom stereocenters. The van der Waals surface area contributed by atoms with Crippen molar-refractivity contribution in [2.75, 3.05) is 25.2 Å². The van der Waals surface area contributed by atoms with Gasteiger partial charge in [0.1, 0.15) is 6.61 Å². The lowest BCUT2D eigenvalue weighted by Crippen LogP contribution is -2.10. The second kappa shape index (κ2) is 9.99. The van der Waals surface area contributed by atoms with E-state index in [9.17, 15) is 4.79 Å². The molecule has 3 nitrogen and oxygen atoms in total. The Kier molecular flexibility index (Phi) is 9.92. The highest BCUT2D eigenvalue weighted by Crippen LogP contribution is 1.99. The number of hydrogen-bond acceptors (Lipinski definition) is 3. The maximum Gasteiger partial charge on any atom is 0.305 e. The summed E-state index contributed by atoms with van der Waals surface area (Å²) in [5.74, 6) is -0.124. The second-order valence-electron chi connectivity index (χ2n) is 2.56. The second-order valence-corrected chi connectivity index (χ2v) is 3.36. The largest absolute Gasteiger partial charge is 0.463 e. The summed E-state index contributed by atoms with van der Waals surface area (Å²) in [6.07, 6.45) is 2.41. The number of carbonyl (C=O) groups is 1. The number of unbranched alkanes of at least 4 members (excludes halogenated alkanes) is 1. The summed E-state index contributed by atoms with van der Waals surface area (Å²) in [4.78, 5) is 11.0. The highest BCUT2D eigenvalue weighted by Gasteiger charge is 2.01. The Morgan fingerprint density at radius 2 is 2.08 bits per heavy atom. The summed E-state index contributed by atoms with van der Waals surface area (Å²) >= 11 is 3.30. The Hall–Kier alpha value is -0.0900. The highest BCUT2D eigenvalue weighted by molar-refractivity contribution is 9.09. The molecule has 0 aliphatic carbocycles. The van der Waals surface area contributed by atoms with E-state index >= 15 is 0 Å². The summed E-state index contributed by atoms with van der Waals surface area (Å²) in [5, 5.41) is 0.944. The van der Waals surface area contributed by atoms with Gasteiger partial charge in [-0.3, -0.25) is 4.79 Å². The summed E-state index contributed by atoms with van der Waals surface area (Å²) in [5.41, 5.74) is 0. The standard InChI is InChI=1S/C9H17BrO3/c1-2-12-7-8-13-9(11)5-3-4-6-10/h2-8H2,1H3. The molecule has 0 N–H and O–H groups in total. The number of ether oxygens (including phenoxy) is 2. The number of hydrogen-bond donors (Lipinski definition) is 0. The van der Waals surface area contributed by atoms with Crippen LogP contribution in [-0.4, -0.2) is 31.1 Å². The molecule has 0 unspecified atom stereocenters. The molecule has 0 amide bonds. The number of esters is 1. The van der Waals surface area contributed by atoms with Crippen molar-refractivity contribution in [3.8, 4) is 0 Å². The lowest BCUT2D eigenvalue weighted by molar-refractivity contribution is -0.145. The van der Waals surface area contributed by atoms with E-state index in [2.05, 4.69) is 15.9 Å². The fourth-order valence-corrected chi connectivity index (χ4v) is 1.19. The van der Waals surface area contributed by atoms with Gasteiger partial charge in [0.2, 0.25) is 0 Å². The molecule has 0 bridgehead atoms. The van der Waals surface area contributed by atoms with Crippen molar-refractivity contribution < 1.29 is 14.3 Å². The lowest BCUT2D eigenvalue weighted by Gasteiger charge is -2.03. The van der Waals surface area contributed by atoms with Crippen LogP contribution < -0.4 is 0 Å². The van der Waals surface area contributed by atoms with Gasteiger partial charge < -0.3 is 9.47 Å². The van der Waals surface area contributed by atoms with Crippen molar-refractivity contribution in [2.45, 2.75) is 26.2 Å². The Balaban J connectivity index is 3.11. The number of halogens is 1. The van der Waals surface area contributed by atoms with E-state index in [0.29, 0.717) is 26.2 Å². The van der Waals surface area contributed by atoms with Crippen LogP contribution in [0.3, 0.4) is 0 Å². The Bertz CT molecular complexity index is 128. The molecule has 78 valence electrons. The van der Waals surface area contributed by atoms with Gasteiger partial charge in [-0.25, -0.2) is 0 Å². The van der Waals surface area contributed by atoms with Crippen LogP contribution in [0.4, 0.5) is 0 Å². The van der Waals surface area contributed by atoms with Crippen LogP contribution in [0.15, 0.2) is 0 Å². The van der Waals surface area contributed by atoms with Gasteiger partial charge in [0.05, 0.1) is 6.61 Å². The van der Waals surface area contributed by atoms with E-state index in [-0.39, 0.29) is 5.97 Å². The average Bonchev–Trinajstić information content (AvgIpc) is 2.13. The number of carbonyl (C=O) groups excluding carboxylic acids is 1. The zero-order chi connectivity index (χ0) is 9.94. The molecule has 0 radical (unpaired) electrons. The SMILES string of the molecule is CCOCCOC(=O)CCCCBr. The van der Waals surface area contributed by atoms with E-state index in [0.717, 1.165) is 18.2 Å². The van der Waals surface area contributed by atoms with Crippen LogP contribution in [-0.2, 0) is 14.3 Å². The summed E-state index contributed by atoms with van der Waals surface area (Å²) in [6, 6.07) is 0.